The fourth-order valence-corrected chi connectivity index (χ4v) is 1.91. The fourth-order valence-electron chi connectivity index (χ4n) is 1.37. The number of H-pyrrole nitrogens is 1. The number of methoxy groups -OCH3 is 1. The number of ether oxygens (including phenoxy) is 1. The molecule has 4 N–H and O–H groups in total. The second kappa shape index (κ2) is 4.27. The normalized spacial score (nSPS) is 11.4. The van der Waals surface area contributed by atoms with Crippen LogP contribution in [-0.4, -0.2) is 31.6 Å². The van der Waals surface area contributed by atoms with Crippen LogP contribution in [0.1, 0.15) is 0 Å². The molecule has 8 nitrogen and oxygen atoms in total. The predicted molar refractivity (Wildman–Crippen MR) is 63.5 cm³/mol. The SMILES string of the molecule is COC(=O)Nc1nc2ccc(S(N)(=O)=O)cc2[nH]1. The molecule has 0 fully saturated rings. The van der Waals surface area contributed by atoms with Crippen LogP contribution in [0, 0.1) is 0 Å². The van der Waals surface area contributed by atoms with Crippen molar-refractivity contribution in [3.8, 4) is 0 Å². The number of nitrogens with zero attached hydrogens (tertiary/aromatic N) is 1. The third kappa shape index (κ3) is 2.41. The maximum Gasteiger partial charge on any atom is 0.413 e. The largest absolute Gasteiger partial charge is 0.453 e. The molecule has 0 aliphatic heterocycles. The molecule has 96 valence electrons. The van der Waals surface area contributed by atoms with Gasteiger partial charge in [0.05, 0.1) is 23.0 Å². The molecule has 1 amide bonds. The van der Waals surface area contributed by atoms with Crippen molar-refractivity contribution >= 4 is 33.1 Å². The van der Waals surface area contributed by atoms with E-state index >= 15 is 0 Å². The topological polar surface area (TPSA) is 127 Å². The van der Waals surface area contributed by atoms with Crippen molar-refractivity contribution in [3.05, 3.63) is 18.2 Å². The van der Waals surface area contributed by atoms with Gasteiger partial charge in [-0.1, -0.05) is 0 Å². The summed E-state index contributed by atoms with van der Waals surface area (Å²) in [6.07, 6.45) is -0.680. The average molecular weight is 270 g/mol. The Labute approximate surface area is 102 Å². The van der Waals surface area contributed by atoms with Crippen molar-refractivity contribution in [1.29, 1.82) is 0 Å². The Morgan fingerprint density at radius 3 is 2.83 bits per heavy atom. The minimum absolute atomic E-state index is 0.0386. The number of hydrogen-bond donors (Lipinski definition) is 3. The molecule has 0 atom stereocenters. The zero-order valence-electron chi connectivity index (χ0n) is 9.30. The molecule has 9 heteroatoms. The second-order valence-electron chi connectivity index (χ2n) is 3.43. The predicted octanol–water partition coefficient (Wildman–Crippen LogP) is 0.389. The summed E-state index contributed by atoms with van der Waals surface area (Å²) in [5.41, 5.74) is 0.932. The van der Waals surface area contributed by atoms with Crippen molar-refractivity contribution in [1.82, 2.24) is 9.97 Å². The molecular formula is C9H10N4O4S. The number of fused-ring (bicyclic) bond motifs is 1. The van der Waals surface area contributed by atoms with Crippen molar-refractivity contribution in [2.24, 2.45) is 5.14 Å². The van der Waals surface area contributed by atoms with E-state index in [1.807, 2.05) is 0 Å². The molecule has 0 spiro atoms. The van der Waals surface area contributed by atoms with E-state index in [1.54, 1.807) is 0 Å². The molecule has 0 radical (unpaired) electrons. The Bertz CT molecular complexity index is 706. The number of imidazole rings is 1. The molecule has 0 bridgehead atoms. The minimum atomic E-state index is -3.77. The van der Waals surface area contributed by atoms with Crippen molar-refractivity contribution in [3.63, 3.8) is 0 Å². The molecule has 1 aromatic carbocycles. The Balaban J connectivity index is 2.43. The zero-order chi connectivity index (χ0) is 13.3. The summed E-state index contributed by atoms with van der Waals surface area (Å²) >= 11 is 0. The third-order valence-corrected chi connectivity index (χ3v) is 3.10. The Kier molecular flexibility index (Phi) is 2.93. The highest BCUT2D eigenvalue weighted by Crippen LogP contribution is 2.18. The Morgan fingerprint density at radius 2 is 2.22 bits per heavy atom. The van der Waals surface area contributed by atoms with Gasteiger partial charge in [-0.25, -0.2) is 23.3 Å². The van der Waals surface area contributed by atoms with Crippen LogP contribution in [0.5, 0.6) is 0 Å². The van der Waals surface area contributed by atoms with Gasteiger partial charge in [0.2, 0.25) is 16.0 Å². The number of hydrogen-bond acceptors (Lipinski definition) is 5. The van der Waals surface area contributed by atoms with Gasteiger partial charge in [-0.3, -0.25) is 5.32 Å². The van der Waals surface area contributed by atoms with Crippen LogP contribution in [-0.2, 0) is 14.8 Å². The standard InChI is InChI=1S/C9H10N4O4S/c1-17-9(14)13-8-11-6-3-2-5(18(10,15)16)4-7(6)12-8/h2-4H,1H3,(H2,10,15,16)(H2,11,12,13,14). The lowest BCUT2D eigenvalue weighted by atomic mass is 10.3. The lowest BCUT2D eigenvalue weighted by molar-refractivity contribution is 0.186. The summed E-state index contributed by atoms with van der Waals surface area (Å²) in [7, 11) is -2.55. The molecule has 0 saturated carbocycles. The number of carbonyl (C=O) groups excluding carboxylic acids is 1. The Morgan fingerprint density at radius 1 is 1.50 bits per heavy atom. The van der Waals surface area contributed by atoms with Gasteiger partial charge in [-0.2, -0.15) is 0 Å². The maximum atomic E-state index is 11.2. The quantitative estimate of drug-likeness (QED) is 0.727. The van der Waals surface area contributed by atoms with Crippen LogP contribution in [0.2, 0.25) is 0 Å². The molecule has 2 rings (SSSR count). The number of aromatic nitrogens is 2. The van der Waals surface area contributed by atoms with Gasteiger partial charge in [-0.15, -0.1) is 0 Å². The van der Waals surface area contributed by atoms with E-state index in [1.165, 1.54) is 25.3 Å². The molecule has 18 heavy (non-hydrogen) atoms. The lowest BCUT2D eigenvalue weighted by Gasteiger charge is -1.97. The summed E-state index contributed by atoms with van der Waals surface area (Å²) < 4.78 is 26.7. The summed E-state index contributed by atoms with van der Waals surface area (Å²) in [4.78, 5) is 17.7. The van der Waals surface area contributed by atoms with Gasteiger partial charge in [0.25, 0.3) is 0 Å². The third-order valence-electron chi connectivity index (χ3n) is 2.19. The number of anilines is 1. The van der Waals surface area contributed by atoms with E-state index in [0.29, 0.717) is 11.0 Å². The molecule has 0 unspecified atom stereocenters. The second-order valence-corrected chi connectivity index (χ2v) is 4.99. The van der Waals surface area contributed by atoms with Gasteiger partial charge in [-0.05, 0) is 18.2 Å². The molecule has 1 aromatic heterocycles. The average Bonchev–Trinajstić information content (AvgIpc) is 2.68. The highest BCUT2D eigenvalue weighted by molar-refractivity contribution is 7.89. The Hall–Kier alpha value is -2.13. The van der Waals surface area contributed by atoms with Crippen molar-refractivity contribution < 1.29 is 17.9 Å². The number of sulfonamides is 1. The summed E-state index contributed by atoms with van der Waals surface area (Å²) in [6, 6.07) is 4.15. The first-order chi connectivity index (χ1) is 8.40. The summed E-state index contributed by atoms with van der Waals surface area (Å²) in [5.74, 6) is 0.156. The van der Waals surface area contributed by atoms with Gasteiger partial charge in [0.1, 0.15) is 0 Å². The van der Waals surface area contributed by atoms with E-state index in [9.17, 15) is 13.2 Å². The maximum absolute atomic E-state index is 11.2. The number of benzene rings is 1. The zero-order valence-corrected chi connectivity index (χ0v) is 10.1. The number of rotatable bonds is 2. The first-order valence-electron chi connectivity index (χ1n) is 4.77. The van der Waals surface area contributed by atoms with E-state index < -0.39 is 16.1 Å². The van der Waals surface area contributed by atoms with Crippen LogP contribution in [0.25, 0.3) is 11.0 Å². The number of nitrogens with one attached hydrogen (secondary N) is 2. The highest BCUT2D eigenvalue weighted by atomic mass is 32.2. The smallest absolute Gasteiger partial charge is 0.413 e. The van der Waals surface area contributed by atoms with Gasteiger partial charge in [0.15, 0.2) is 0 Å². The fraction of sp³-hybridized carbons (Fsp3) is 0.111. The molecule has 0 saturated heterocycles. The number of aromatic amines is 1. The van der Waals surface area contributed by atoms with Gasteiger partial charge < -0.3 is 9.72 Å². The van der Waals surface area contributed by atoms with Crippen LogP contribution in [0.4, 0.5) is 10.7 Å². The first-order valence-corrected chi connectivity index (χ1v) is 6.32. The molecule has 1 heterocycles. The monoisotopic (exact) mass is 270 g/mol. The molecular weight excluding hydrogens is 260 g/mol. The molecule has 0 aliphatic carbocycles. The van der Waals surface area contributed by atoms with Crippen LogP contribution < -0.4 is 10.5 Å². The number of amides is 1. The van der Waals surface area contributed by atoms with E-state index in [2.05, 4.69) is 20.0 Å². The molecule has 2 aromatic rings. The van der Waals surface area contributed by atoms with Crippen LogP contribution in [0.3, 0.4) is 0 Å². The van der Waals surface area contributed by atoms with Crippen LogP contribution in [0.15, 0.2) is 23.1 Å². The molecule has 0 aliphatic rings. The number of primary sulfonamides is 1. The summed E-state index contributed by atoms with van der Waals surface area (Å²) in [6.45, 7) is 0. The van der Waals surface area contributed by atoms with E-state index in [0.717, 1.165) is 0 Å². The van der Waals surface area contributed by atoms with E-state index in [-0.39, 0.29) is 10.8 Å². The first kappa shape index (κ1) is 12.3. The lowest BCUT2D eigenvalue weighted by Crippen LogP contribution is -2.12. The van der Waals surface area contributed by atoms with E-state index in [4.69, 9.17) is 5.14 Å². The van der Waals surface area contributed by atoms with Crippen LogP contribution >= 0.6 is 0 Å². The number of carbonyl (C=O) groups is 1. The van der Waals surface area contributed by atoms with Crippen molar-refractivity contribution in [2.45, 2.75) is 4.90 Å². The minimum Gasteiger partial charge on any atom is -0.453 e. The van der Waals surface area contributed by atoms with Gasteiger partial charge in [0, 0.05) is 0 Å². The number of nitrogens with two attached hydrogens (primary N) is 1. The van der Waals surface area contributed by atoms with Crippen molar-refractivity contribution in [2.75, 3.05) is 12.4 Å². The summed E-state index contributed by atoms with van der Waals surface area (Å²) in [5, 5.41) is 7.34. The highest BCUT2D eigenvalue weighted by Gasteiger charge is 2.11. The van der Waals surface area contributed by atoms with Gasteiger partial charge >= 0.3 is 6.09 Å².